The van der Waals surface area contributed by atoms with Crippen molar-refractivity contribution in [3.05, 3.63) is 41.4 Å². The molecular formula is C17H21N3O4S2. The van der Waals surface area contributed by atoms with Gasteiger partial charge in [0.1, 0.15) is 0 Å². The largest absolute Gasteiger partial charge is 0.465 e. The fourth-order valence-corrected chi connectivity index (χ4v) is 4.77. The van der Waals surface area contributed by atoms with Crippen LogP contribution in [-0.2, 0) is 14.8 Å². The van der Waals surface area contributed by atoms with Gasteiger partial charge in [0.15, 0.2) is 5.13 Å². The lowest BCUT2D eigenvalue weighted by Crippen LogP contribution is -2.41. The maximum Gasteiger partial charge on any atom is 0.337 e. The zero-order valence-electron chi connectivity index (χ0n) is 14.4. The van der Waals surface area contributed by atoms with Gasteiger partial charge in [-0.05, 0) is 43.0 Å². The number of hydrogen-bond acceptors (Lipinski definition) is 7. The van der Waals surface area contributed by atoms with Crippen LogP contribution in [-0.4, -0.2) is 46.1 Å². The Hall–Kier alpha value is -1.97. The molecule has 1 aliphatic heterocycles. The number of sulfonamides is 1. The molecule has 0 amide bonds. The van der Waals surface area contributed by atoms with Gasteiger partial charge in [-0.1, -0.05) is 0 Å². The predicted molar refractivity (Wildman–Crippen MR) is 100 cm³/mol. The van der Waals surface area contributed by atoms with Gasteiger partial charge in [-0.3, -0.25) is 0 Å². The number of benzene rings is 1. The Morgan fingerprint density at radius 2 is 2.15 bits per heavy atom. The third kappa shape index (κ3) is 4.40. The van der Waals surface area contributed by atoms with E-state index in [0.29, 0.717) is 12.1 Å². The molecule has 1 aromatic heterocycles. The minimum Gasteiger partial charge on any atom is -0.465 e. The van der Waals surface area contributed by atoms with Crippen molar-refractivity contribution in [3.63, 3.8) is 0 Å². The number of nitrogens with one attached hydrogen (secondary N) is 1. The first-order valence-corrected chi connectivity index (χ1v) is 10.7. The van der Waals surface area contributed by atoms with Gasteiger partial charge in [-0.2, -0.15) is 0 Å². The summed E-state index contributed by atoms with van der Waals surface area (Å²) in [5.41, 5.74) is 0.317. The van der Waals surface area contributed by atoms with Crippen LogP contribution in [0, 0.1) is 5.92 Å². The van der Waals surface area contributed by atoms with Gasteiger partial charge in [-0.25, -0.2) is 22.9 Å². The van der Waals surface area contributed by atoms with Crippen LogP contribution in [0.1, 0.15) is 23.2 Å². The molecule has 1 atom stereocenters. The van der Waals surface area contributed by atoms with Crippen molar-refractivity contribution in [1.82, 2.24) is 9.71 Å². The molecule has 1 N–H and O–H groups in total. The van der Waals surface area contributed by atoms with Crippen LogP contribution >= 0.6 is 11.3 Å². The maximum atomic E-state index is 12.5. The van der Waals surface area contributed by atoms with Crippen molar-refractivity contribution >= 4 is 32.5 Å². The van der Waals surface area contributed by atoms with Crippen LogP contribution in [0.25, 0.3) is 0 Å². The monoisotopic (exact) mass is 395 g/mol. The highest BCUT2D eigenvalue weighted by molar-refractivity contribution is 7.89. The fraction of sp³-hybridized carbons (Fsp3) is 0.412. The van der Waals surface area contributed by atoms with Crippen LogP contribution in [0.2, 0.25) is 0 Å². The lowest BCUT2D eigenvalue weighted by Gasteiger charge is -2.32. The molecule has 0 bridgehead atoms. The second kappa shape index (κ2) is 8.15. The summed E-state index contributed by atoms with van der Waals surface area (Å²) in [4.78, 5) is 18.1. The molecule has 1 fully saturated rings. The van der Waals surface area contributed by atoms with E-state index in [9.17, 15) is 13.2 Å². The van der Waals surface area contributed by atoms with E-state index >= 15 is 0 Å². The molecule has 0 aliphatic carbocycles. The first kappa shape index (κ1) is 18.8. The summed E-state index contributed by atoms with van der Waals surface area (Å²) in [7, 11) is -2.33. The van der Waals surface area contributed by atoms with E-state index in [1.165, 1.54) is 31.4 Å². The van der Waals surface area contributed by atoms with Gasteiger partial charge < -0.3 is 9.64 Å². The second-order valence-corrected chi connectivity index (χ2v) is 8.78. The number of nitrogens with zero attached hydrogens (tertiary/aromatic N) is 2. The molecule has 0 saturated carbocycles. The van der Waals surface area contributed by atoms with Crippen LogP contribution in [0.4, 0.5) is 5.13 Å². The van der Waals surface area contributed by atoms with E-state index < -0.39 is 16.0 Å². The van der Waals surface area contributed by atoms with Crippen LogP contribution in [0.3, 0.4) is 0 Å². The number of ether oxygens (including phenoxy) is 1. The third-order valence-electron chi connectivity index (χ3n) is 4.36. The van der Waals surface area contributed by atoms with Gasteiger partial charge >= 0.3 is 5.97 Å². The van der Waals surface area contributed by atoms with Crippen LogP contribution < -0.4 is 9.62 Å². The number of aromatic nitrogens is 1. The molecule has 7 nitrogen and oxygen atoms in total. The minimum absolute atomic E-state index is 0.137. The van der Waals surface area contributed by atoms with Crippen LogP contribution in [0.15, 0.2) is 40.7 Å². The van der Waals surface area contributed by atoms with Crippen molar-refractivity contribution < 1.29 is 17.9 Å². The zero-order chi connectivity index (χ0) is 18.6. The Morgan fingerprint density at radius 1 is 1.38 bits per heavy atom. The summed E-state index contributed by atoms with van der Waals surface area (Å²) >= 11 is 1.60. The van der Waals surface area contributed by atoms with Gasteiger partial charge in [0.05, 0.1) is 17.6 Å². The summed E-state index contributed by atoms with van der Waals surface area (Å²) in [6.07, 6.45) is 3.77. The molecule has 140 valence electrons. The Bertz CT molecular complexity index is 835. The van der Waals surface area contributed by atoms with Crippen LogP contribution in [0.5, 0.6) is 0 Å². The summed E-state index contributed by atoms with van der Waals surface area (Å²) in [6.45, 7) is 2.12. The zero-order valence-corrected chi connectivity index (χ0v) is 16.1. The smallest absolute Gasteiger partial charge is 0.337 e. The number of hydrogen-bond donors (Lipinski definition) is 1. The molecule has 0 radical (unpaired) electrons. The Kier molecular flexibility index (Phi) is 5.90. The standard InChI is InChI=1S/C17H21N3O4S2/c1-24-16(21)14-4-6-15(7-5-14)26(22,23)19-11-13-3-2-9-20(12-13)17-18-8-10-25-17/h4-8,10,13,19H,2-3,9,11-12H2,1H3. The van der Waals surface area contributed by atoms with E-state index in [4.69, 9.17) is 0 Å². The molecule has 3 rings (SSSR count). The highest BCUT2D eigenvalue weighted by Crippen LogP contribution is 2.24. The highest BCUT2D eigenvalue weighted by Gasteiger charge is 2.24. The molecule has 2 heterocycles. The Balaban J connectivity index is 1.60. The number of piperidine rings is 1. The van der Waals surface area contributed by atoms with Gasteiger partial charge in [0.25, 0.3) is 0 Å². The summed E-state index contributed by atoms with van der Waals surface area (Å²) in [6, 6.07) is 5.73. The van der Waals surface area contributed by atoms with E-state index in [1.807, 2.05) is 5.38 Å². The van der Waals surface area contributed by atoms with Crippen molar-refractivity contribution in [1.29, 1.82) is 0 Å². The normalized spacial score (nSPS) is 17.9. The van der Waals surface area contributed by atoms with Crippen molar-refractivity contribution in [3.8, 4) is 0 Å². The number of anilines is 1. The summed E-state index contributed by atoms with van der Waals surface area (Å²) < 4.78 is 32.3. The highest BCUT2D eigenvalue weighted by atomic mass is 32.2. The lowest BCUT2D eigenvalue weighted by atomic mass is 9.99. The molecule has 1 aliphatic rings. The molecule has 2 aromatic rings. The molecule has 1 saturated heterocycles. The Morgan fingerprint density at radius 3 is 2.81 bits per heavy atom. The third-order valence-corrected chi connectivity index (χ3v) is 6.63. The number of rotatable bonds is 6. The molecule has 1 unspecified atom stereocenters. The number of methoxy groups -OCH3 is 1. The number of esters is 1. The van der Waals surface area contributed by atoms with E-state index in [1.54, 1.807) is 17.5 Å². The van der Waals surface area contributed by atoms with Gasteiger partial charge in [0.2, 0.25) is 10.0 Å². The first-order chi connectivity index (χ1) is 12.5. The van der Waals surface area contributed by atoms with Gasteiger partial charge in [0, 0.05) is 31.2 Å². The molecule has 1 aromatic carbocycles. The van der Waals surface area contributed by atoms with Crippen molar-refractivity contribution in [2.24, 2.45) is 5.92 Å². The Labute approximate surface area is 157 Å². The number of carbonyl (C=O) groups is 1. The summed E-state index contributed by atoms with van der Waals surface area (Å²) in [5.74, 6) is -0.261. The SMILES string of the molecule is COC(=O)c1ccc(S(=O)(=O)NCC2CCCN(c3nccs3)C2)cc1. The lowest BCUT2D eigenvalue weighted by molar-refractivity contribution is 0.0600. The summed E-state index contributed by atoms with van der Waals surface area (Å²) in [5, 5.41) is 2.93. The number of thiazole rings is 1. The van der Waals surface area contributed by atoms with Gasteiger partial charge in [-0.15, -0.1) is 11.3 Å². The van der Waals surface area contributed by atoms with E-state index in [-0.39, 0.29) is 10.8 Å². The molecular weight excluding hydrogens is 374 g/mol. The fourth-order valence-electron chi connectivity index (χ4n) is 2.98. The molecule has 9 heteroatoms. The topological polar surface area (TPSA) is 88.6 Å². The van der Waals surface area contributed by atoms with E-state index in [2.05, 4.69) is 19.3 Å². The molecule has 26 heavy (non-hydrogen) atoms. The van der Waals surface area contributed by atoms with Crippen molar-refractivity contribution in [2.45, 2.75) is 17.7 Å². The maximum absolute atomic E-state index is 12.5. The number of carbonyl (C=O) groups excluding carboxylic acids is 1. The average molecular weight is 396 g/mol. The van der Waals surface area contributed by atoms with E-state index in [0.717, 1.165) is 31.1 Å². The quantitative estimate of drug-likeness (QED) is 0.754. The second-order valence-electron chi connectivity index (χ2n) is 6.14. The van der Waals surface area contributed by atoms with Crippen molar-refractivity contribution in [2.75, 3.05) is 31.6 Å². The average Bonchev–Trinajstić information content (AvgIpc) is 3.21. The predicted octanol–water partition coefficient (Wildman–Crippen LogP) is 2.12. The molecule has 0 spiro atoms. The minimum atomic E-state index is -3.61. The first-order valence-electron chi connectivity index (χ1n) is 8.32.